The summed E-state index contributed by atoms with van der Waals surface area (Å²) in [5.41, 5.74) is 0.611. The molecule has 0 saturated heterocycles. The molecular weight excluding hydrogens is 130 g/mol. The van der Waals surface area contributed by atoms with E-state index in [1.807, 2.05) is 0 Å². The van der Waals surface area contributed by atoms with Gasteiger partial charge in [0.25, 0.3) is 5.95 Å². The second kappa shape index (κ2) is 1.73. The van der Waals surface area contributed by atoms with E-state index in [0.29, 0.717) is 5.58 Å². The number of aromatic hydroxyl groups is 1. The van der Waals surface area contributed by atoms with Crippen LogP contribution >= 0.6 is 0 Å². The van der Waals surface area contributed by atoms with Crippen molar-refractivity contribution in [3.63, 3.8) is 0 Å². The SMILES string of the molecule is Oc1cc2ccncc2o1. The first-order valence-electron chi connectivity index (χ1n) is 2.89. The first-order valence-corrected chi connectivity index (χ1v) is 2.89. The predicted molar refractivity (Wildman–Crippen MR) is 35.7 cm³/mol. The van der Waals surface area contributed by atoms with Crippen LogP contribution in [0.3, 0.4) is 0 Å². The molecule has 10 heavy (non-hydrogen) atoms. The Hall–Kier alpha value is -1.51. The summed E-state index contributed by atoms with van der Waals surface area (Å²) in [5, 5.41) is 9.73. The Bertz CT molecular complexity index is 320. The molecule has 3 nitrogen and oxygen atoms in total. The largest absolute Gasteiger partial charge is 0.481 e. The Morgan fingerprint density at radius 1 is 1.50 bits per heavy atom. The molecule has 1 N–H and O–H groups in total. The molecule has 0 aromatic carbocycles. The van der Waals surface area contributed by atoms with Crippen molar-refractivity contribution >= 4 is 11.0 Å². The molecule has 0 amide bonds. The van der Waals surface area contributed by atoms with Gasteiger partial charge in [-0.3, -0.25) is 4.98 Å². The number of fused-ring (bicyclic) bond motifs is 1. The highest BCUT2D eigenvalue weighted by atomic mass is 16.5. The molecule has 2 aromatic heterocycles. The van der Waals surface area contributed by atoms with E-state index in [1.54, 1.807) is 24.5 Å². The molecule has 2 heterocycles. The molecule has 0 aliphatic heterocycles. The summed E-state index contributed by atoms with van der Waals surface area (Å²) >= 11 is 0. The first-order chi connectivity index (χ1) is 4.86. The highest BCUT2D eigenvalue weighted by Gasteiger charge is 1.98. The normalized spacial score (nSPS) is 10.4. The molecule has 2 aromatic rings. The third kappa shape index (κ3) is 0.639. The number of aromatic nitrogens is 1. The summed E-state index contributed by atoms with van der Waals surface area (Å²) in [5.74, 6) is -0.0667. The van der Waals surface area contributed by atoms with Crippen molar-refractivity contribution in [3.05, 3.63) is 24.5 Å². The number of furan rings is 1. The van der Waals surface area contributed by atoms with Gasteiger partial charge in [0.2, 0.25) is 0 Å². The molecule has 0 saturated carbocycles. The van der Waals surface area contributed by atoms with Crippen LogP contribution in [-0.4, -0.2) is 10.1 Å². The summed E-state index contributed by atoms with van der Waals surface area (Å²) in [7, 11) is 0. The van der Waals surface area contributed by atoms with Gasteiger partial charge in [-0.05, 0) is 6.07 Å². The van der Waals surface area contributed by atoms with Crippen molar-refractivity contribution < 1.29 is 9.52 Å². The van der Waals surface area contributed by atoms with E-state index in [0.717, 1.165) is 5.39 Å². The van der Waals surface area contributed by atoms with E-state index < -0.39 is 0 Å². The smallest absolute Gasteiger partial charge is 0.282 e. The number of hydrogen-bond donors (Lipinski definition) is 1. The Morgan fingerprint density at radius 2 is 2.40 bits per heavy atom. The van der Waals surface area contributed by atoms with Crippen molar-refractivity contribution in [2.75, 3.05) is 0 Å². The van der Waals surface area contributed by atoms with Crippen molar-refractivity contribution in [3.8, 4) is 5.95 Å². The summed E-state index contributed by atoms with van der Waals surface area (Å²) in [4.78, 5) is 3.82. The summed E-state index contributed by atoms with van der Waals surface area (Å²) in [6.45, 7) is 0. The quantitative estimate of drug-likeness (QED) is 0.595. The van der Waals surface area contributed by atoms with E-state index in [4.69, 9.17) is 9.52 Å². The van der Waals surface area contributed by atoms with E-state index >= 15 is 0 Å². The van der Waals surface area contributed by atoms with Crippen LogP contribution < -0.4 is 0 Å². The molecular formula is C7H5NO2. The van der Waals surface area contributed by atoms with Gasteiger partial charge in [0, 0.05) is 17.6 Å². The van der Waals surface area contributed by atoms with Crippen LogP contribution in [0.1, 0.15) is 0 Å². The Balaban J connectivity index is 2.88. The molecule has 0 spiro atoms. The molecule has 2 rings (SSSR count). The highest BCUT2D eigenvalue weighted by molar-refractivity contribution is 5.77. The average molecular weight is 135 g/mol. The Kier molecular flexibility index (Phi) is 0.917. The van der Waals surface area contributed by atoms with E-state index in [9.17, 15) is 0 Å². The monoisotopic (exact) mass is 135 g/mol. The van der Waals surface area contributed by atoms with Crippen molar-refractivity contribution in [2.24, 2.45) is 0 Å². The minimum absolute atomic E-state index is 0.0667. The standard InChI is InChI=1S/C7H5NO2/c9-7-3-5-1-2-8-4-6(5)10-7/h1-4,9H. The van der Waals surface area contributed by atoms with Crippen LogP contribution in [0.5, 0.6) is 5.95 Å². The number of hydrogen-bond acceptors (Lipinski definition) is 3. The van der Waals surface area contributed by atoms with Crippen LogP contribution in [0.2, 0.25) is 0 Å². The third-order valence-corrected chi connectivity index (χ3v) is 1.31. The molecule has 0 aliphatic carbocycles. The Morgan fingerprint density at radius 3 is 3.20 bits per heavy atom. The molecule has 0 atom stereocenters. The fourth-order valence-electron chi connectivity index (χ4n) is 0.870. The zero-order valence-electron chi connectivity index (χ0n) is 5.11. The minimum Gasteiger partial charge on any atom is -0.481 e. The van der Waals surface area contributed by atoms with Gasteiger partial charge in [0.05, 0.1) is 6.20 Å². The fraction of sp³-hybridized carbons (Fsp3) is 0. The lowest BCUT2D eigenvalue weighted by Crippen LogP contribution is -1.65. The van der Waals surface area contributed by atoms with Gasteiger partial charge in [-0.1, -0.05) is 0 Å². The van der Waals surface area contributed by atoms with Crippen LogP contribution in [0, 0.1) is 0 Å². The van der Waals surface area contributed by atoms with Crippen molar-refractivity contribution in [1.82, 2.24) is 4.98 Å². The number of nitrogens with zero attached hydrogens (tertiary/aromatic N) is 1. The molecule has 0 fully saturated rings. The maximum atomic E-state index is 8.86. The van der Waals surface area contributed by atoms with Gasteiger partial charge < -0.3 is 9.52 Å². The van der Waals surface area contributed by atoms with E-state index in [1.165, 1.54) is 0 Å². The van der Waals surface area contributed by atoms with Gasteiger partial charge in [0.15, 0.2) is 5.58 Å². The van der Waals surface area contributed by atoms with Crippen LogP contribution in [0.25, 0.3) is 11.0 Å². The minimum atomic E-state index is -0.0667. The molecule has 0 aliphatic rings. The van der Waals surface area contributed by atoms with Crippen LogP contribution in [0.4, 0.5) is 0 Å². The molecule has 0 bridgehead atoms. The average Bonchev–Trinajstić information content (AvgIpc) is 2.27. The zero-order chi connectivity index (χ0) is 6.97. The lowest BCUT2D eigenvalue weighted by molar-refractivity contribution is 0.346. The van der Waals surface area contributed by atoms with Crippen LogP contribution in [-0.2, 0) is 0 Å². The number of pyridine rings is 1. The maximum Gasteiger partial charge on any atom is 0.282 e. The third-order valence-electron chi connectivity index (χ3n) is 1.31. The molecule has 0 radical (unpaired) electrons. The summed E-state index contributed by atoms with van der Waals surface area (Å²) in [6.07, 6.45) is 3.21. The maximum absolute atomic E-state index is 8.86. The van der Waals surface area contributed by atoms with Gasteiger partial charge in [-0.25, -0.2) is 0 Å². The number of rotatable bonds is 0. The lowest BCUT2D eigenvalue weighted by Gasteiger charge is -1.80. The van der Waals surface area contributed by atoms with Crippen LogP contribution in [0.15, 0.2) is 28.9 Å². The summed E-state index contributed by atoms with van der Waals surface area (Å²) < 4.78 is 4.86. The molecule has 50 valence electrons. The van der Waals surface area contributed by atoms with Gasteiger partial charge >= 0.3 is 0 Å². The highest BCUT2D eigenvalue weighted by Crippen LogP contribution is 2.21. The van der Waals surface area contributed by atoms with Gasteiger partial charge in [0.1, 0.15) is 0 Å². The van der Waals surface area contributed by atoms with E-state index in [-0.39, 0.29) is 5.95 Å². The second-order valence-electron chi connectivity index (χ2n) is 2.00. The lowest BCUT2D eigenvalue weighted by atomic mass is 10.3. The predicted octanol–water partition coefficient (Wildman–Crippen LogP) is 1.53. The van der Waals surface area contributed by atoms with Gasteiger partial charge in [-0.2, -0.15) is 0 Å². The van der Waals surface area contributed by atoms with Crippen molar-refractivity contribution in [1.29, 1.82) is 0 Å². The topological polar surface area (TPSA) is 46.3 Å². The van der Waals surface area contributed by atoms with E-state index in [2.05, 4.69) is 4.98 Å². The van der Waals surface area contributed by atoms with Gasteiger partial charge in [-0.15, -0.1) is 0 Å². The summed E-state index contributed by atoms with van der Waals surface area (Å²) in [6, 6.07) is 3.33. The van der Waals surface area contributed by atoms with Crippen molar-refractivity contribution in [2.45, 2.75) is 0 Å². The first kappa shape index (κ1) is 5.29. The second-order valence-corrected chi connectivity index (χ2v) is 2.00. The molecule has 3 heteroatoms. The fourth-order valence-corrected chi connectivity index (χ4v) is 0.870. The zero-order valence-corrected chi connectivity index (χ0v) is 5.11. The Labute approximate surface area is 56.9 Å². The molecule has 0 unspecified atom stereocenters.